The number of aromatic nitrogens is 3. The van der Waals surface area contributed by atoms with Gasteiger partial charge in [-0.1, -0.05) is 6.07 Å². The largest absolute Gasteiger partial charge is 0.368 e. The van der Waals surface area contributed by atoms with Crippen molar-refractivity contribution in [3.63, 3.8) is 0 Å². The molecule has 4 nitrogen and oxygen atoms in total. The standard InChI is InChI=1S/C14H10F2N4/c1-7-2-3-8-4-9(5-10(15)12(8)19-7)13-11(16)6-18-14(17)20-13/h2-6H,1H3,(H2,17,18,20). The molecule has 2 N–H and O–H groups in total. The minimum absolute atomic E-state index is 0.0288. The lowest BCUT2D eigenvalue weighted by Gasteiger charge is -2.06. The van der Waals surface area contributed by atoms with E-state index < -0.39 is 11.6 Å². The Morgan fingerprint density at radius 1 is 1.05 bits per heavy atom. The van der Waals surface area contributed by atoms with Crippen molar-refractivity contribution in [2.45, 2.75) is 6.92 Å². The summed E-state index contributed by atoms with van der Waals surface area (Å²) in [6.45, 7) is 1.78. The number of hydrogen-bond donors (Lipinski definition) is 1. The van der Waals surface area contributed by atoms with Crippen LogP contribution in [0, 0.1) is 18.6 Å². The van der Waals surface area contributed by atoms with Crippen molar-refractivity contribution >= 4 is 16.9 Å². The van der Waals surface area contributed by atoms with Crippen molar-refractivity contribution in [3.8, 4) is 11.3 Å². The summed E-state index contributed by atoms with van der Waals surface area (Å²) in [5, 5.41) is 0.571. The minimum atomic E-state index is -0.655. The Balaban J connectivity index is 2.27. The molecule has 0 aliphatic carbocycles. The third-order valence-corrected chi connectivity index (χ3v) is 2.92. The van der Waals surface area contributed by atoms with Gasteiger partial charge in [-0.3, -0.25) is 4.98 Å². The van der Waals surface area contributed by atoms with Gasteiger partial charge in [-0.25, -0.2) is 18.7 Å². The maximum absolute atomic E-state index is 14.1. The minimum Gasteiger partial charge on any atom is -0.368 e. The highest BCUT2D eigenvalue weighted by atomic mass is 19.1. The first-order chi connectivity index (χ1) is 9.54. The van der Waals surface area contributed by atoms with Gasteiger partial charge in [0.1, 0.15) is 17.0 Å². The summed E-state index contributed by atoms with van der Waals surface area (Å²) >= 11 is 0. The molecule has 6 heteroatoms. The van der Waals surface area contributed by atoms with Crippen LogP contribution >= 0.6 is 0 Å². The second-order valence-electron chi connectivity index (χ2n) is 4.41. The smallest absolute Gasteiger partial charge is 0.220 e. The van der Waals surface area contributed by atoms with Crippen LogP contribution in [0.1, 0.15) is 5.69 Å². The van der Waals surface area contributed by atoms with Crippen LogP contribution in [0.2, 0.25) is 0 Å². The maximum Gasteiger partial charge on any atom is 0.220 e. The van der Waals surface area contributed by atoms with E-state index in [0.29, 0.717) is 16.6 Å². The van der Waals surface area contributed by atoms with Crippen LogP contribution in [-0.2, 0) is 0 Å². The third-order valence-electron chi connectivity index (χ3n) is 2.92. The molecule has 1 aromatic carbocycles. The van der Waals surface area contributed by atoms with Gasteiger partial charge >= 0.3 is 0 Å². The van der Waals surface area contributed by atoms with E-state index in [1.54, 1.807) is 25.1 Å². The van der Waals surface area contributed by atoms with Crippen molar-refractivity contribution < 1.29 is 8.78 Å². The molecule has 20 heavy (non-hydrogen) atoms. The molecule has 3 rings (SSSR count). The Labute approximate surface area is 113 Å². The number of nitrogen functional groups attached to an aromatic ring is 1. The van der Waals surface area contributed by atoms with Gasteiger partial charge in [-0.05, 0) is 25.1 Å². The second kappa shape index (κ2) is 4.48. The van der Waals surface area contributed by atoms with Gasteiger partial charge in [0, 0.05) is 16.6 Å². The monoisotopic (exact) mass is 272 g/mol. The number of halogens is 2. The summed E-state index contributed by atoms with van der Waals surface area (Å²) in [6, 6.07) is 6.30. The average molecular weight is 272 g/mol. The summed E-state index contributed by atoms with van der Waals surface area (Å²) in [4.78, 5) is 11.5. The number of anilines is 1. The molecular weight excluding hydrogens is 262 g/mol. The van der Waals surface area contributed by atoms with E-state index in [0.717, 1.165) is 6.20 Å². The van der Waals surface area contributed by atoms with E-state index in [4.69, 9.17) is 5.73 Å². The highest BCUT2D eigenvalue weighted by molar-refractivity contribution is 5.84. The van der Waals surface area contributed by atoms with Gasteiger partial charge in [0.15, 0.2) is 5.82 Å². The van der Waals surface area contributed by atoms with E-state index in [2.05, 4.69) is 15.0 Å². The first kappa shape index (κ1) is 12.4. The van der Waals surface area contributed by atoms with Crippen LogP contribution in [0.5, 0.6) is 0 Å². The number of benzene rings is 1. The maximum atomic E-state index is 14.1. The molecule has 0 saturated carbocycles. The molecule has 0 atom stereocenters. The molecule has 0 aliphatic heterocycles. The Morgan fingerprint density at radius 2 is 1.85 bits per heavy atom. The number of aryl methyl sites for hydroxylation is 1. The quantitative estimate of drug-likeness (QED) is 0.739. The third kappa shape index (κ3) is 2.05. The van der Waals surface area contributed by atoms with Crippen molar-refractivity contribution in [2.75, 3.05) is 5.73 Å². The van der Waals surface area contributed by atoms with Crippen LogP contribution in [-0.4, -0.2) is 15.0 Å². The molecule has 0 bridgehead atoms. The van der Waals surface area contributed by atoms with E-state index in [1.807, 2.05) is 0 Å². The molecule has 100 valence electrons. The van der Waals surface area contributed by atoms with Crippen molar-refractivity contribution in [1.29, 1.82) is 0 Å². The summed E-state index contributed by atoms with van der Waals surface area (Å²) in [5.41, 5.74) is 6.67. The summed E-state index contributed by atoms with van der Waals surface area (Å²) in [5.74, 6) is -1.25. The number of nitrogens with two attached hydrogens (primary N) is 1. The average Bonchev–Trinajstić information content (AvgIpc) is 2.42. The Hall–Kier alpha value is -2.63. The molecule has 0 fully saturated rings. The zero-order valence-electron chi connectivity index (χ0n) is 10.6. The lowest BCUT2D eigenvalue weighted by atomic mass is 10.1. The summed E-state index contributed by atoms with van der Waals surface area (Å²) in [7, 11) is 0. The predicted molar refractivity (Wildman–Crippen MR) is 71.8 cm³/mol. The molecule has 0 unspecified atom stereocenters. The fourth-order valence-corrected chi connectivity index (χ4v) is 2.01. The van der Waals surface area contributed by atoms with Gasteiger partial charge in [0.05, 0.1) is 6.20 Å². The van der Waals surface area contributed by atoms with Gasteiger partial charge in [-0.15, -0.1) is 0 Å². The number of fused-ring (bicyclic) bond motifs is 1. The van der Waals surface area contributed by atoms with E-state index in [9.17, 15) is 8.78 Å². The molecule has 0 amide bonds. The van der Waals surface area contributed by atoms with Crippen LogP contribution in [0.15, 0.2) is 30.5 Å². The van der Waals surface area contributed by atoms with Crippen LogP contribution in [0.3, 0.4) is 0 Å². The molecule has 2 heterocycles. The first-order valence-electron chi connectivity index (χ1n) is 5.90. The van der Waals surface area contributed by atoms with Crippen molar-refractivity contribution in [1.82, 2.24) is 15.0 Å². The SMILES string of the molecule is Cc1ccc2cc(-c3nc(N)ncc3F)cc(F)c2n1. The Morgan fingerprint density at radius 3 is 2.65 bits per heavy atom. The highest BCUT2D eigenvalue weighted by Crippen LogP contribution is 2.27. The van der Waals surface area contributed by atoms with Gasteiger partial charge in [0.25, 0.3) is 0 Å². The van der Waals surface area contributed by atoms with Crippen LogP contribution < -0.4 is 5.73 Å². The number of nitrogens with zero attached hydrogens (tertiary/aromatic N) is 3. The number of hydrogen-bond acceptors (Lipinski definition) is 4. The molecular formula is C14H10F2N4. The lowest BCUT2D eigenvalue weighted by molar-refractivity contribution is 0.617. The van der Waals surface area contributed by atoms with Gasteiger partial charge in [-0.2, -0.15) is 0 Å². The van der Waals surface area contributed by atoms with Crippen LogP contribution in [0.4, 0.5) is 14.7 Å². The highest BCUT2D eigenvalue weighted by Gasteiger charge is 2.12. The predicted octanol–water partition coefficient (Wildman–Crippen LogP) is 2.86. The topological polar surface area (TPSA) is 64.7 Å². The summed E-state index contributed by atoms with van der Waals surface area (Å²) < 4.78 is 27.8. The Bertz CT molecular complexity index is 818. The van der Waals surface area contributed by atoms with Gasteiger partial charge < -0.3 is 5.73 Å². The molecule has 0 aliphatic rings. The fourth-order valence-electron chi connectivity index (χ4n) is 2.01. The van der Waals surface area contributed by atoms with Crippen molar-refractivity contribution in [3.05, 3.63) is 47.8 Å². The zero-order valence-corrected chi connectivity index (χ0v) is 10.6. The number of pyridine rings is 1. The molecule has 0 saturated heterocycles. The molecule has 3 aromatic rings. The Kier molecular flexibility index (Phi) is 2.78. The van der Waals surface area contributed by atoms with E-state index in [-0.39, 0.29) is 17.2 Å². The first-order valence-corrected chi connectivity index (χ1v) is 5.90. The fraction of sp³-hybridized carbons (Fsp3) is 0.0714. The molecule has 0 radical (unpaired) electrons. The second-order valence-corrected chi connectivity index (χ2v) is 4.41. The number of rotatable bonds is 1. The zero-order chi connectivity index (χ0) is 14.3. The van der Waals surface area contributed by atoms with Gasteiger partial charge in [0.2, 0.25) is 5.95 Å². The lowest BCUT2D eigenvalue weighted by Crippen LogP contribution is -1.99. The van der Waals surface area contributed by atoms with E-state index >= 15 is 0 Å². The molecule has 0 spiro atoms. The van der Waals surface area contributed by atoms with Crippen LogP contribution in [0.25, 0.3) is 22.2 Å². The summed E-state index contributed by atoms with van der Waals surface area (Å²) in [6.07, 6.45) is 0.965. The molecule has 2 aromatic heterocycles. The van der Waals surface area contributed by atoms with E-state index in [1.165, 1.54) is 6.07 Å². The van der Waals surface area contributed by atoms with Crippen molar-refractivity contribution in [2.24, 2.45) is 0 Å². The normalized spacial score (nSPS) is 10.9.